The van der Waals surface area contributed by atoms with Gasteiger partial charge in [-0.05, 0) is 42.9 Å². The second kappa shape index (κ2) is 11.2. The number of halogens is 2. The normalized spacial score (nSPS) is 14.7. The van der Waals surface area contributed by atoms with E-state index in [4.69, 9.17) is 16.3 Å². The zero-order chi connectivity index (χ0) is 24.9. The van der Waals surface area contributed by atoms with E-state index in [1.807, 2.05) is 0 Å². The number of rotatable bonds is 9. The number of anilines is 1. The molecule has 1 aromatic carbocycles. The molecule has 1 atom stereocenters. The van der Waals surface area contributed by atoms with Crippen LogP contribution in [0.3, 0.4) is 0 Å². The van der Waals surface area contributed by atoms with Gasteiger partial charge in [0.2, 0.25) is 5.91 Å². The number of amides is 1. The summed E-state index contributed by atoms with van der Waals surface area (Å²) in [5.41, 5.74) is 1.67. The minimum atomic E-state index is -0.523. The van der Waals surface area contributed by atoms with Crippen LogP contribution in [-0.2, 0) is 30.8 Å². The lowest BCUT2D eigenvalue weighted by molar-refractivity contribution is -0.113. The van der Waals surface area contributed by atoms with E-state index in [1.165, 1.54) is 46.2 Å². The molecule has 182 valence electrons. The highest BCUT2D eigenvalue weighted by Crippen LogP contribution is 2.39. The van der Waals surface area contributed by atoms with Crippen LogP contribution in [0.1, 0.15) is 35.2 Å². The number of benzene rings is 1. The van der Waals surface area contributed by atoms with E-state index in [2.05, 4.69) is 35.1 Å². The zero-order valence-electron chi connectivity index (χ0n) is 19.0. The molecule has 2 aromatic heterocycles. The van der Waals surface area contributed by atoms with Gasteiger partial charge in [-0.2, -0.15) is 5.26 Å². The van der Waals surface area contributed by atoms with Gasteiger partial charge in [0.1, 0.15) is 29.2 Å². The molecule has 35 heavy (non-hydrogen) atoms. The van der Waals surface area contributed by atoms with Crippen molar-refractivity contribution >= 4 is 45.6 Å². The Morgan fingerprint density at radius 2 is 2.34 bits per heavy atom. The highest BCUT2D eigenvalue weighted by atomic mass is 35.5. The van der Waals surface area contributed by atoms with Crippen LogP contribution < -0.4 is 10.1 Å². The Morgan fingerprint density at radius 3 is 3.09 bits per heavy atom. The van der Waals surface area contributed by atoms with Gasteiger partial charge in [-0.15, -0.1) is 28.1 Å². The molecule has 1 aliphatic carbocycles. The fraction of sp³-hybridized carbons (Fsp3) is 0.333. The summed E-state index contributed by atoms with van der Waals surface area (Å²) < 4.78 is 20.8. The molecule has 4 rings (SSSR count). The maximum absolute atomic E-state index is 13.4. The van der Waals surface area contributed by atoms with Crippen molar-refractivity contribution in [2.24, 2.45) is 5.92 Å². The molecule has 0 bridgehead atoms. The van der Waals surface area contributed by atoms with Crippen LogP contribution in [0.15, 0.2) is 36.0 Å². The standard InChI is InChI=1S/C24H23ClFN5O2S2/c1-3-8-31-21(12-33-15-5-7-19(26)18(25)10-15)29-30-24(31)34-13-22(32)28-23-17(11-27)16-6-4-14(2)9-20(16)35-23/h3,5,7,10,14H,1,4,6,8-9,12-13H2,2H3,(H,28,32). The van der Waals surface area contributed by atoms with Crippen LogP contribution in [0.25, 0.3) is 0 Å². The Labute approximate surface area is 216 Å². The molecule has 1 N–H and O–H groups in total. The minimum Gasteiger partial charge on any atom is -0.486 e. The van der Waals surface area contributed by atoms with E-state index in [-0.39, 0.29) is 23.3 Å². The molecule has 0 aliphatic heterocycles. The van der Waals surface area contributed by atoms with Crippen LogP contribution >= 0.6 is 34.7 Å². The van der Waals surface area contributed by atoms with Crippen molar-refractivity contribution in [1.82, 2.24) is 14.8 Å². The zero-order valence-corrected chi connectivity index (χ0v) is 21.4. The van der Waals surface area contributed by atoms with Crippen LogP contribution in [0.2, 0.25) is 5.02 Å². The van der Waals surface area contributed by atoms with Gasteiger partial charge in [0.05, 0.1) is 16.3 Å². The molecule has 7 nitrogen and oxygen atoms in total. The fourth-order valence-corrected chi connectivity index (χ4v) is 6.12. The summed E-state index contributed by atoms with van der Waals surface area (Å²) in [6.45, 7) is 6.48. The van der Waals surface area contributed by atoms with Crippen molar-refractivity contribution in [2.45, 2.75) is 44.5 Å². The molecule has 0 radical (unpaired) electrons. The molecule has 1 unspecified atom stereocenters. The number of hydrogen-bond acceptors (Lipinski definition) is 7. The van der Waals surface area contributed by atoms with Gasteiger partial charge in [-0.3, -0.25) is 9.36 Å². The summed E-state index contributed by atoms with van der Waals surface area (Å²) in [4.78, 5) is 13.9. The van der Waals surface area contributed by atoms with E-state index in [1.54, 1.807) is 10.6 Å². The third kappa shape index (κ3) is 5.86. The molecular weight excluding hydrogens is 509 g/mol. The van der Waals surface area contributed by atoms with Crippen molar-refractivity contribution in [3.8, 4) is 11.8 Å². The van der Waals surface area contributed by atoms with Crippen molar-refractivity contribution < 1.29 is 13.9 Å². The number of hydrogen-bond donors (Lipinski definition) is 1. The molecule has 0 spiro atoms. The van der Waals surface area contributed by atoms with Crippen LogP contribution in [0.5, 0.6) is 5.75 Å². The van der Waals surface area contributed by atoms with Gasteiger partial charge in [0.25, 0.3) is 0 Å². The van der Waals surface area contributed by atoms with Gasteiger partial charge in [0.15, 0.2) is 11.0 Å². The second-order valence-corrected chi connectivity index (χ2v) is 10.6. The van der Waals surface area contributed by atoms with E-state index in [0.717, 1.165) is 24.8 Å². The third-order valence-electron chi connectivity index (χ3n) is 5.57. The van der Waals surface area contributed by atoms with Gasteiger partial charge >= 0.3 is 0 Å². The molecule has 1 amide bonds. The van der Waals surface area contributed by atoms with E-state index in [9.17, 15) is 14.4 Å². The number of ether oxygens (including phenoxy) is 1. The first-order chi connectivity index (χ1) is 16.9. The summed E-state index contributed by atoms with van der Waals surface area (Å²) in [5.74, 6) is 0.879. The fourth-order valence-electron chi connectivity index (χ4n) is 3.81. The summed E-state index contributed by atoms with van der Waals surface area (Å²) >= 11 is 8.54. The lowest BCUT2D eigenvalue weighted by atomic mass is 9.89. The number of allylic oxidation sites excluding steroid dienone is 1. The number of nitrogens with one attached hydrogen (secondary N) is 1. The minimum absolute atomic E-state index is 0.0297. The van der Waals surface area contributed by atoms with Gasteiger partial charge < -0.3 is 10.1 Å². The van der Waals surface area contributed by atoms with Crippen LogP contribution in [0.4, 0.5) is 9.39 Å². The number of carbonyl (C=O) groups is 1. The number of aromatic nitrogens is 3. The van der Waals surface area contributed by atoms with Gasteiger partial charge in [-0.1, -0.05) is 36.4 Å². The average Bonchev–Trinajstić information content (AvgIpc) is 3.38. The maximum atomic E-state index is 13.4. The topological polar surface area (TPSA) is 92.8 Å². The number of nitriles is 1. The highest BCUT2D eigenvalue weighted by Gasteiger charge is 2.25. The molecule has 3 aromatic rings. The number of thioether (sulfide) groups is 1. The smallest absolute Gasteiger partial charge is 0.235 e. The lowest BCUT2D eigenvalue weighted by Gasteiger charge is -2.17. The Morgan fingerprint density at radius 1 is 1.51 bits per heavy atom. The molecule has 11 heteroatoms. The van der Waals surface area contributed by atoms with Crippen molar-refractivity contribution in [3.05, 3.63) is 63.5 Å². The molecule has 1 aliphatic rings. The monoisotopic (exact) mass is 531 g/mol. The largest absolute Gasteiger partial charge is 0.486 e. The van der Waals surface area contributed by atoms with Crippen molar-refractivity contribution in [3.63, 3.8) is 0 Å². The molecule has 2 heterocycles. The van der Waals surface area contributed by atoms with Gasteiger partial charge in [-0.25, -0.2) is 4.39 Å². The number of thiophene rings is 1. The predicted octanol–water partition coefficient (Wildman–Crippen LogP) is 5.62. The van der Waals surface area contributed by atoms with E-state index >= 15 is 0 Å². The maximum Gasteiger partial charge on any atom is 0.235 e. The van der Waals surface area contributed by atoms with E-state index < -0.39 is 5.82 Å². The summed E-state index contributed by atoms with van der Waals surface area (Å²) in [6, 6.07) is 6.37. The second-order valence-electron chi connectivity index (χ2n) is 8.17. The van der Waals surface area contributed by atoms with Crippen LogP contribution in [-0.4, -0.2) is 26.4 Å². The summed E-state index contributed by atoms with van der Waals surface area (Å²) in [6.07, 6.45) is 4.57. The third-order valence-corrected chi connectivity index (χ3v) is 8.00. The molecule has 0 saturated heterocycles. The molecular formula is C24H23ClFN5O2S2. The first kappa shape index (κ1) is 25.2. The predicted molar refractivity (Wildman–Crippen MR) is 136 cm³/mol. The lowest BCUT2D eigenvalue weighted by Crippen LogP contribution is -2.15. The Bertz CT molecular complexity index is 1300. The summed E-state index contributed by atoms with van der Waals surface area (Å²) in [7, 11) is 0. The molecule has 0 fully saturated rings. The van der Waals surface area contributed by atoms with Crippen molar-refractivity contribution in [1.29, 1.82) is 5.26 Å². The molecule has 0 saturated carbocycles. The number of fused-ring (bicyclic) bond motifs is 1. The highest BCUT2D eigenvalue weighted by molar-refractivity contribution is 7.99. The quantitative estimate of drug-likeness (QED) is 0.284. The van der Waals surface area contributed by atoms with Gasteiger partial charge in [0, 0.05) is 17.5 Å². The Kier molecular flexibility index (Phi) is 8.11. The summed E-state index contributed by atoms with van der Waals surface area (Å²) in [5, 5.41) is 22.0. The Hall–Kier alpha value is -2.87. The Balaban J connectivity index is 1.40. The SMILES string of the molecule is C=CCn1c(COc2ccc(F)c(Cl)c2)nnc1SCC(=O)Nc1sc2c(c1C#N)CCC(C)C2. The average molecular weight is 532 g/mol. The first-order valence-electron chi connectivity index (χ1n) is 11.0. The number of nitrogens with zero attached hydrogens (tertiary/aromatic N) is 4. The number of carbonyl (C=O) groups excluding carboxylic acids is 1. The van der Waals surface area contributed by atoms with Crippen LogP contribution in [0, 0.1) is 23.1 Å². The van der Waals surface area contributed by atoms with Crippen molar-refractivity contribution in [2.75, 3.05) is 11.1 Å². The first-order valence-corrected chi connectivity index (χ1v) is 13.2. The van der Waals surface area contributed by atoms with E-state index in [0.29, 0.717) is 39.8 Å².